The largest absolute Gasteiger partial charge is 0.462 e. The van der Waals surface area contributed by atoms with Crippen LogP contribution < -0.4 is 0 Å². The van der Waals surface area contributed by atoms with Gasteiger partial charge < -0.3 is 77.6 Å². The van der Waals surface area contributed by atoms with Crippen molar-refractivity contribution in [1.29, 1.82) is 0 Å². The maximum atomic E-state index is 12.9. The molecule has 4 aliphatic carbocycles. The number of ether oxygens (including phenoxy) is 11. The first-order chi connectivity index (χ1) is 30.0. The lowest BCUT2D eigenvalue weighted by Crippen LogP contribution is -2.79. The molecule has 3 saturated heterocycles. The molecule has 23 atom stereocenters. The van der Waals surface area contributed by atoms with Gasteiger partial charge in [-0.2, -0.15) is 0 Å². The third-order valence-corrected chi connectivity index (χ3v) is 17.3. The van der Waals surface area contributed by atoms with Crippen LogP contribution in [-0.4, -0.2) is 174 Å². The van der Waals surface area contributed by atoms with Crippen LogP contribution in [0.25, 0.3) is 0 Å². The van der Waals surface area contributed by atoms with Gasteiger partial charge in [-0.1, -0.05) is 13.8 Å². The molecule has 368 valence electrons. The van der Waals surface area contributed by atoms with Crippen LogP contribution in [0.5, 0.6) is 0 Å². The molecule has 0 unspecified atom stereocenters. The molecular formula is C46H76O18. The van der Waals surface area contributed by atoms with Crippen molar-refractivity contribution in [3.05, 3.63) is 0 Å². The van der Waals surface area contributed by atoms with E-state index in [1.807, 2.05) is 13.8 Å². The summed E-state index contributed by atoms with van der Waals surface area (Å²) in [6.45, 7) is 13.4. The lowest BCUT2D eigenvalue weighted by Gasteiger charge is -2.69. The molecular weight excluding hydrogens is 840 g/mol. The van der Waals surface area contributed by atoms with E-state index < -0.39 is 138 Å². The zero-order valence-corrected chi connectivity index (χ0v) is 39.5. The van der Waals surface area contributed by atoms with Crippen molar-refractivity contribution in [1.82, 2.24) is 0 Å². The molecule has 0 spiro atoms. The van der Waals surface area contributed by atoms with Gasteiger partial charge in [0.25, 0.3) is 0 Å². The van der Waals surface area contributed by atoms with Crippen molar-refractivity contribution in [3.63, 3.8) is 0 Å². The van der Waals surface area contributed by atoms with Crippen molar-refractivity contribution in [3.8, 4) is 0 Å². The first-order valence-electron chi connectivity index (χ1n) is 23.4. The topological polar surface area (TPSA) is 237 Å². The van der Waals surface area contributed by atoms with Gasteiger partial charge in [-0.25, -0.2) is 0 Å². The third kappa shape index (κ3) is 8.28. The molecule has 0 aromatic heterocycles. The Morgan fingerprint density at radius 3 is 1.86 bits per heavy atom. The van der Waals surface area contributed by atoms with Crippen LogP contribution in [-0.2, 0) is 61.7 Å². The second kappa shape index (κ2) is 18.7. The number of aliphatic hydroxyl groups excluding tert-OH is 2. The Labute approximate surface area is 377 Å². The molecule has 4 saturated carbocycles. The van der Waals surface area contributed by atoms with Gasteiger partial charge in [-0.05, 0) is 96.3 Å². The van der Waals surface area contributed by atoms with Gasteiger partial charge in [0, 0.05) is 48.0 Å². The number of rotatable bonds is 12. The predicted molar refractivity (Wildman–Crippen MR) is 223 cm³/mol. The first kappa shape index (κ1) is 50.3. The molecule has 18 heteroatoms. The van der Waals surface area contributed by atoms with E-state index in [0.29, 0.717) is 38.5 Å². The number of esters is 2. The Morgan fingerprint density at radius 2 is 1.28 bits per heavy atom. The highest BCUT2D eigenvalue weighted by molar-refractivity contribution is 5.67. The van der Waals surface area contributed by atoms with E-state index in [1.165, 1.54) is 21.0 Å². The fourth-order valence-corrected chi connectivity index (χ4v) is 13.7. The fraction of sp³-hybridized carbons (Fsp3) is 0.957. The second-order valence-corrected chi connectivity index (χ2v) is 20.5. The van der Waals surface area contributed by atoms with E-state index in [0.717, 1.165) is 0 Å². The maximum Gasteiger partial charge on any atom is 0.302 e. The standard InChI is InChI=1S/C46H76O18/c1-22-36(49)40(56-11)37(50)41(59-22)64-39-24(3)58-35(20-31(39)55-10)63-38-23(2)57-34(19-30(38)54-9)62-29-13-14-42(7)28(18-29)12-15-45(52)32(42)21-33(61-27(6)48)43(8)44(51,16-17-46(43,45)53)25(4)60-26(5)47/h22-25,28-41,49-53H,12-21H2,1-11H3/t22-,23-,24-,25+,28-,29-,30+,31-,32-,33-,34+,35+,36-,37-,38-,39-,40-,41+,42-,43-,44-,45+,46-/m1/s1. The van der Waals surface area contributed by atoms with Crippen LogP contribution >= 0.6 is 0 Å². The monoisotopic (exact) mass is 917 g/mol. The minimum Gasteiger partial charge on any atom is -0.462 e. The van der Waals surface area contributed by atoms with Gasteiger partial charge >= 0.3 is 11.9 Å². The molecule has 5 N–H and O–H groups in total. The zero-order valence-electron chi connectivity index (χ0n) is 39.5. The molecule has 7 rings (SSSR count). The van der Waals surface area contributed by atoms with E-state index in [2.05, 4.69) is 6.92 Å². The third-order valence-electron chi connectivity index (χ3n) is 17.3. The van der Waals surface area contributed by atoms with E-state index in [1.54, 1.807) is 35.0 Å². The summed E-state index contributed by atoms with van der Waals surface area (Å²) in [5.74, 6) is -1.50. The number of carbonyl (C=O) groups is 2. The SMILES string of the molecule is CO[C@H]1[C@@H](O)[C@H](O[C@@H]2[C@@H](C)O[C@@H](O[C@H]3[C@@H](OC)C[C@H](O[C@@H]4CC[C@]5(C)[C@H](CC[C@]6(O)[C@@H]5C[C@@H](OC(C)=O)[C@@]5(C)[C@]6(O)CC[C@@]5(O)[C@H](C)OC(C)=O)C4)O[C@@H]3C)C[C@H]2OC)O[C@H](C)[C@H]1O. The summed E-state index contributed by atoms with van der Waals surface area (Å²) >= 11 is 0. The number of hydrogen-bond acceptors (Lipinski definition) is 18. The molecule has 0 bridgehead atoms. The van der Waals surface area contributed by atoms with Crippen molar-refractivity contribution in [2.24, 2.45) is 22.7 Å². The van der Waals surface area contributed by atoms with Crippen molar-refractivity contribution >= 4 is 11.9 Å². The number of aliphatic hydroxyl groups is 5. The molecule has 7 fully saturated rings. The Kier molecular flexibility index (Phi) is 14.7. The van der Waals surface area contributed by atoms with Crippen LogP contribution in [0, 0.1) is 22.7 Å². The predicted octanol–water partition coefficient (Wildman–Crippen LogP) is 2.42. The number of hydrogen-bond donors (Lipinski definition) is 5. The maximum absolute atomic E-state index is 12.9. The van der Waals surface area contributed by atoms with Gasteiger partial charge in [-0.15, -0.1) is 0 Å². The molecule has 7 aliphatic rings. The van der Waals surface area contributed by atoms with Gasteiger partial charge in [0.2, 0.25) is 0 Å². The normalized spacial score (nSPS) is 52.2. The molecule has 0 aromatic rings. The first-order valence-corrected chi connectivity index (χ1v) is 23.4. The van der Waals surface area contributed by atoms with Crippen molar-refractivity contribution in [2.45, 2.75) is 235 Å². The molecule has 0 amide bonds. The summed E-state index contributed by atoms with van der Waals surface area (Å²) in [6.07, 6.45) is -7.31. The summed E-state index contributed by atoms with van der Waals surface area (Å²) in [6, 6.07) is 0. The average molecular weight is 917 g/mol. The quantitative estimate of drug-likeness (QED) is 0.140. The summed E-state index contributed by atoms with van der Waals surface area (Å²) < 4.78 is 66.9. The highest BCUT2D eigenvalue weighted by atomic mass is 16.8. The second-order valence-electron chi connectivity index (χ2n) is 20.5. The van der Waals surface area contributed by atoms with E-state index >= 15 is 0 Å². The lowest BCUT2D eigenvalue weighted by atomic mass is 9.40. The van der Waals surface area contributed by atoms with E-state index in [4.69, 9.17) is 52.1 Å². The number of carbonyl (C=O) groups excluding carboxylic acids is 2. The van der Waals surface area contributed by atoms with Crippen molar-refractivity contribution in [2.75, 3.05) is 21.3 Å². The molecule has 3 heterocycles. The average Bonchev–Trinajstić information content (AvgIpc) is 3.46. The molecule has 64 heavy (non-hydrogen) atoms. The summed E-state index contributed by atoms with van der Waals surface area (Å²) in [5, 5.41) is 59.5. The Balaban J connectivity index is 0.983. The Morgan fingerprint density at radius 1 is 0.672 bits per heavy atom. The molecule has 18 nitrogen and oxygen atoms in total. The minimum atomic E-state index is -1.85. The van der Waals surface area contributed by atoms with Gasteiger partial charge in [0.05, 0.1) is 47.6 Å². The van der Waals surface area contributed by atoms with Crippen LogP contribution in [0.2, 0.25) is 0 Å². The number of fused-ring (bicyclic) bond motifs is 5. The molecule has 0 radical (unpaired) electrons. The fourth-order valence-electron chi connectivity index (χ4n) is 13.7. The highest BCUT2D eigenvalue weighted by Crippen LogP contribution is 2.72. The van der Waals surface area contributed by atoms with Gasteiger partial charge in [-0.3, -0.25) is 9.59 Å². The molecule has 0 aromatic carbocycles. The zero-order chi connectivity index (χ0) is 46.9. The number of methoxy groups -OCH3 is 3. The smallest absolute Gasteiger partial charge is 0.302 e. The van der Waals surface area contributed by atoms with Gasteiger partial charge in [0.15, 0.2) is 18.9 Å². The minimum absolute atomic E-state index is 0.0432. The van der Waals surface area contributed by atoms with Crippen LogP contribution in [0.15, 0.2) is 0 Å². The van der Waals surface area contributed by atoms with Crippen LogP contribution in [0.4, 0.5) is 0 Å². The highest BCUT2D eigenvalue weighted by Gasteiger charge is 2.82. The Bertz CT molecular complexity index is 1650. The van der Waals surface area contributed by atoms with E-state index in [-0.39, 0.29) is 37.7 Å². The summed E-state index contributed by atoms with van der Waals surface area (Å²) in [7, 11) is 4.62. The van der Waals surface area contributed by atoms with Crippen LogP contribution in [0.1, 0.15) is 120 Å². The summed E-state index contributed by atoms with van der Waals surface area (Å²) in [4.78, 5) is 24.7. The van der Waals surface area contributed by atoms with Crippen LogP contribution in [0.3, 0.4) is 0 Å². The Hall–Kier alpha value is -1.62. The summed E-state index contributed by atoms with van der Waals surface area (Å²) in [5.41, 5.74) is -7.24. The van der Waals surface area contributed by atoms with Gasteiger partial charge in [0.1, 0.15) is 53.9 Å². The molecule has 3 aliphatic heterocycles. The van der Waals surface area contributed by atoms with Crippen molar-refractivity contribution < 1.29 is 87.2 Å². The lowest BCUT2D eigenvalue weighted by molar-refractivity contribution is -0.353. The van der Waals surface area contributed by atoms with E-state index in [9.17, 15) is 35.1 Å².